The van der Waals surface area contributed by atoms with E-state index in [4.69, 9.17) is 11.6 Å². The summed E-state index contributed by atoms with van der Waals surface area (Å²) in [5, 5.41) is 5.81. The summed E-state index contributed by atoms with van der Waals surface area (Å²) in [4.78, 5) is 15.7. The number of amides is 2. The molecule has 0 radical (unpaired) electrons. The summed E-state index contributed by atoms with van der Waals surface area (Å²) in [6, 6.07) is 1.64. The first-order valence-electron chi connectivity index (χ1n) is 5.73. The maximum atomic E-state index is 11.6. The van der Waals surface area contributed by atoms with Crippen LogP contribution in [-0.2, 0) is 0 Å². The highest BCUT2D eigenvalue weighted by molar-refractivity contribution is 6.32. The van der Waals surface area contributed by atoms with Crippen LogP contribution in [0.4, 0.5) is 10.5 Å². The molecule has 1 rings (SSSR count). The third-order valence-corrected chi connectivity index (χ3v) is 2.63. The molecular formula is C12H18ClN3O. The van der Waals surface area contributed by atoms with Crippen molar-refractivity contribution in [3.8, 4) is 0 Å². The molecule has 0 aliphatic rings. The number of nitrogens with one attached hydrogen (secondary N) is 2. The maximum absolute atomic E-state index is 11.6. The number of nitrogens with zero attached hydrogens (tertiary/aromatic N) is 1. The Hall–Kier alpha value is -1.29. The topological polar surface area (TPSA) is 54.0 Å². The predicted molar refractivity (Wildman–Crippen MR) is 70.7 cm³/mol. The highest BCUT2D eigenvalue weighted by Gasteiger charge is 2.09. The zero-order valence-electron chi connectivity index (χ0n) is 10.4. The summed E-state index contributed by atoms with van der Waals surface area (Å²) < 4.78 is 0. The SMILES string of the molecule is CCCCNC(=O)Nc1c(C)cc(C)nc1Cl. The van der Waals surface area contributed by atoms with E-state index in [9.17, 15) is 4.79 Å². The van der Waals surface area contributed by atoms with Crippen LogP contribution < -0.4 is 10.6 Å². The minimum absolute atomic E-state index is 0.242. The second-order valence-corrected chi connectivity index (χ2v) is 4.34. The van der Waals surface area contributed by atoms with Crippen molar-refractivity contribution in [3.05, 3.63) is 22.5 Å². The van der Waals surface area contributed by atoms with Crippen molar-refractivity contribution in [1.29, 1.82) is 0 Å². The number of pyridine rings is 1. The van der Waals surface area contributed by atoms with Crippen LogP contribution >= 0.6 is 11.6 Å². The van der Waals surface area contributed by atoms with E-state index in [0.29, 0.717) is 17.4 Å². The molecular weight excluding hydrogens is 238 g/mol. The number of carbonyl (C=O) groups is 1. The fraction of sp³-hybridized carbons (Fsp3) is 0.500. The lowest BCUT2D eigenvalue weighted by atomic mass is 10.2. The van der Waals surface area contributed by atoms with E-state index in [1.165, 1.54) is 0 Å². The third-order valence-electron chi connectivity index (χ3n) is 2.35. The van der Waals surface area contributed by atoms with Crippen molar-refractivity contribution < 1.29 is 4.79 Å². The minimum atomic E-state index is -0.242. The maximum Gasteiger partial charge on any atom is 0.319 e. The van der Waals surface area contributed by atoms with E-state index in [-0.39, 0.29) is 6.03 Å². The standard InChI is InChI=1S/C12H18ClN3O/c1-4-5-6-14-12(17)16-10-8(2)7-9(3)15-11(10)13/h7H,4-6H2,1-3H3,(H2,14,16,17). The molecule has 1 heterocycles. The number of urea groups is 1. The van der Waals surface area contributed by atoms with Crippen molar-refractivity contribution in [2.24, 2.45) is 0 Å². The molecule has 0 atom stereocenters. The van der Waals surface area contributed by atoms with Crippen LogP contribution in [0.1, 0.15) is 31.0 Å². The molecule has 94 valence electrons. The Labute approximate surface area is 107 Å². The average Bonchev–Trinajstić information content (AvgIpc) is 2.24. The van der Waals surface area contributed by atoms with Crippen molar-refractivity contribution in [2.75, 3.05) is 11.9 Å². The first kappa shape index (κ1) is 13.8. The molecule has 0 saturated carbocycles. The van der Waals surface area contributed by atoms with E-state index in [1.807, 2.05) is 19.9 Å². The van der Waals surface area contributed by atoms with Crippen LogP contribution in [0.25, 0.3) is 0 Å². The van der Waals surface area contributed by atoms with Gasteiger partial charge >= 0.3 is 6.03 Å². The Morgan fingerprint density at radius 3 is 2.76 bits per heavy atom. The zero-order chi connectivity index (χ0) is 12.8. The largest absolute Gasteiger partial charge is 0.338 e. The molecule has 2 amide bonds. The highest BCUT2D eigenvalue weighted by atomic mass is 35.5. The summed E-state index contributed by atoms with van der Waals surface area (Å²) in [5.74, 6) is 0. The first-order chi connectivity index (χ1) is 8.04. The van der Waals surface area contributed by atoms with Crippen LogP contribution in [0.3, 0.4) is 0 Å². The molecule has 0 aromatic carbocycles. The average molecular weight is 256 g/mol. The number of unbranched alkanes of at least 4 members (excludes halogenated alkanes) is 1. The fourth-order valence-electron chi connectivity index (χ4n) is 1.48. The van der Waals surface area contributed by atoms with Crippen LogP contribution in [0, 0.1) is 13.8 Å². The van der Waals surface area contributed by atoms with Crippen molar-refractivity contribution >= 4 is 23.3 Å². The lowest BCUT2D eigenvalue weighted by molar-refractivity contribution is 0.252. The zero-order valence-corrected chi connectivity index (χ0v) is 11.2. The molecule has 2 N–H and O–H groups in total. The number of carbonyl (C=O) groups excluding carboxylic acids is 1. The molecule has 0 bridgehead atoms. The molecule has 0 spiro atoms. The number of hydrogen-bond donors (Lipinski definition) is 2. The summed E-state index contributed by atoms with van der Waals surface area (Å²) in [6.45, 7) is 6.50. The molecule has 0 saturated heterocycles. The summed E-state index contributed by atoms with van der Waals surface area (Å²) in [6.07, 6.45) is 2.01. The summed E-state index contributed by atoms with van der Waals surface area (Å²) in [5.41, 5.74) is 2.32. The number of hydrogen-bond acceptors (Lipinski definition) is 2. The molecule has 4 nitrogen and oxygen atoms in total. The van der Waals surface area contributed by atoms with Gasteiger partial charge in [-0.1, -0.05) is 24.9 Å². The van der Waals surface area contributed by atoms with Gasteiger partial charge in [0.1, 0.15) is 0 Å². The molecule has 0 unspecified atom stereocenters. The Balaban J connectivity index is 2.65. The molecule has 0 fully saturated rings. The van der Waals surface area contributed by atoms with Crippen LogP contribution in [0.15, 0.2) is 6.07 Å². The van der Waals surface area contributed by atoms with Gasteiger partial charge in [-0.2, -0.15) is 0 Å². The van der Waals surface area contributed by atoms with Gasteiger partial charge in [0.05, 0.1) is 5.69 Å². The van der Waals surface area contributed by atoms with E-state index < -0.39 is 0 Å². The van der Waals surface area contributed by atoms with Gasteiger partial charge in [0.25, 0.3) is 0 Å². The third kappa shape index (κ3) is 4.23. The lowest BCUT2D eigenvalue weighted by Crippen LogP contribution is -2.30. The lowest BCUT2D eigenvalue weighted by Gasteiger charge is -2.11. The molecule has 17 heavy (non-hydrogen) atoms. The number of anilines is 1. The van der Waals surface area contributed by atoms with Gasteiger partial charge in [-0.25, -0.2) is 9.78 Å². The van der Waals surface area contributed by atoms with Gasteiger partial charge in [-0.3, -0.25) is 0 Å². The van der Waals surface area contributed by atoms with Gasteiger partial charge in [0, 0.05) is 12.2 Å². The molecule has 0 aliphatic heterocycles. The van der Waals surface area contributed by atoms with E-state index in [1.54, 1.807) is 0 Å². The Morgan fingerprint density at radius 1 is 1.47 bits per heavy atom. The van der Waals surface area contributed by atoms with E-state index in [2.05, 4.69) is 22.5 Å². The number of halogens is 1. The van der Waals surface area contributed by atoms with Crippen molar-refractivity contribution in [3.63, 3.8) is 0 Å². The van der Waals surface area contributed by atoms with Crippen molar-refractivity contribution in [2.45, 2.75) is 33.6 Å². The quantitative estimate of drug-likeness (QED) is 0.641. The van der Waals surface area contributed by atoms with Gasteiger partial charge in [-0.05, 0) is 31.9 Å². The van der Waals surface area contributed by atoms with Gasteiger partial charge in [0.2, 0.25) is 0 Å². The highest BCUT2D eigenvalue weighted by Crippen LogP contribution is 2.24. The monoisotopic (exact) mass is 255 g/mol. The van der Waals surface area contributed by atoms with Crippen molar-refractivity contribution in [1.82, 2.24) is 10.3 Å². The van der Waals surface area contributed by atoms with Crippen LogP contribution in [-0.4, -0.2) is 17.6 Å². The number of aryl methyl sites for hydroxylation is 2. The Morgan fingerprint density at radius 2 is 2.18 bits per heavy atom. The fourth-order valence-corrected chi connectivity index (χ4v) is 1.81. The minimum Gasteiger partial charge on any atom is -0.338 e. The van der Waals surface area contributed by atoms with E-state index >= 15 is 0 Å². The predicted octanol–water partition coefficient (Wildman–Crippen LogP) is 3.27. The normalized spacial score (nSPS) is 10.1. The van der Waals surface area contributed by atoms with Gasteiger partial charge in [0.15, 0.2) is 5.15 Å². The van der Waals surface area contributed by atoms with E-state index in [0.717, 1.165) is 24.1 Å². The molecule has 5 heteroatoms. The van der Waals surface area contributed by atoms with Crippen LogP contribution in [0.5, 0.6) is 0 Å². The first-order valence-corrected chi connectivity index (χ1v) is 6.11. The Bertz CT molecular complexity index is 384. The molecule has 1 aromatic heterocycles. The summed E-state index contributed by atoms with van der Waals surface area (Å²) in [7, 11) is 0. The summed E-state index contributed by atoms with van der Waals surface area (Å²) >= 11 is 5.99. The number of aromatic nitrogens is 1. The van der Waals surface area contributed by atoms with Crippen LogP contribution in [0.2, 0.25) is 5.15 Å². The molecule has 0 aliphatic carbocycles. The second-order valence-electron chi connectivity index (χ2n) is 3.98. The van der Waals surface area contributed by atoms with Gasteiger partial charge < -0.3 is 10.6 Å². The number of rotatable bonds is 4. The Kier molecular flexibility index (Phi) is 5.22. The second kappa shape index (κ2) is 6.45. The molecule has 1 aromatic rings. The van der Waals surface area contributed by atoms with Gasteiger partial charge in [-0.15, -0.1) is 0 Å². The smallest absolute Gasteiger partial charge is 0.319 e.